The van der Waals surface area contributed by atoms with Gasteiger partial charge in [0.05, 0.1) is 31.4 Å². The van der Waals surface area contributed by atoms with Crippen LogP contribution in [0.5, 0.6) is 17.2 Å². The molecule has 0 unspecified atom stereocenters. The van der Waals surface area contributed by atoms with Crippen molar-refractivity contribution in [3.05, 3.63) is 52.9 Å². The molecule has 0 saturated carbocycles. The van der Waals surface area contributed by atoms with Crippen LogP contribution in [0.1, 0.15) is 12.5 Å². The number of hydrogen-bond donors (Lipinski definition) is 0. The number of benzene rings is 2. The number of carbonyl (C=O) groups excluding carboxylic acids is 2. The van der Waals surface area contributed by atoms with Crippen LogP contribution in [0, 0.1) is 0 Å². The average molecular weight is 460 g/mol. The van der Waals surface area contributed by atoms with E-state index in [1.54, 1.807) is 43.3 Å². The van der Waals surface area contributed by atoms with E-state index in [0.717, 1.165) is 0 Å². The van der Waals surface area contributed by atoms with Gasteiger partial charge in [-0.15, -0.1) is 0 Å². The standard InChI is InChI=1S/C22H21NO6S2/c1-4-28-19(24)13-29-20-14(8-7-11-17(20)27-3)12-18-21(25)23(22(30)31-18)15-9-5-6-10-16(15)26-2/h5-12H,4,13H2,1-3H3/b18-12-. The molecule has 2 aromatic rings. The Morgan fingerprint density at radius 2 is 1.81 bits per heavy atom. The number of esters is 1. The normalized spacial score (nSPS) is 14.7. The van der Waals surface area contributed by atoms with E-state index in [2.05, 4.69) is 0 Å². The van der Waals surface area contributed by atoms with E-state index in [9.17, 15) is 9.59 Å². The second-order valence-corrected chi connectivity index (χ2v) is 7.84. The zero-order chi connectivity index (χ0) is 22.4. The number of para-hydroxylation sites is 3. The molecule has 0 aliphatic carbocycles. The smallest absolute Gasteiger partial charge is 0.344 e. The fourth-order valence-electron chi connectivity index (χ4n) is 2.93. The Bertz CT molecular complexity index is 1040. The van der Waals surface area contributed by atoms with Gasteiger partial charge >= 0.3 is 5.97 Å². The van der Waals surface area contributed by atoms with Crippen molar-refractivity contribution in [3.8, 4) is 17.2 Å². The number of amides is 1. The van der Waals surface area contributed by atoms with Crippen LogP contribution in [0.3, 0.4) is 0 Å². The molecule has 1 aliphatic rings. The maximum atomic E-state index is 13.2. The van der Waals surface area contributed by atoms with Gasteiger partial charge in [0, 0.05) is 5.56 Å². The summed E-state index contributed by atoms with van der Waals surface area (Å²) in [6, 6.07) is 12.4. The number of anilines is 1. The van der Waals surface area contributed by atoms with Crippen molar-refractivity contribution in [2.75, 3.05) is 32.3 Å². The molecule has 0 N–H and O–H groups in total. The number of thiocarbonyl (C=S) groups is 1. The van der Waals surface area contributed by atoms with Crippen molar-refractivity contribution >= 4 is 51.9 Å². The van der Waals surface area contributed by atoms with Crippen LogP contribution in [0.4, 0.5) is 5.69 Å². The van der Waals surface area contributed by atoms with E-state index in [1.807, 2.05) is 12.1 Å². The molecule has 3 rings (SSSR count). The third-order valence-electron chi connectivity index (χ3n) is 4.28. The molecule has 0 aromatic heterocycles. The Hall–Kier alpha value is -3.04. The average Bonchev–Trinajstić information content (AvgIpc) is 3.05. The van der Waals surface area contributed by atoms with Gasteiger partial charge in [-0.2, -0.15) is 0 Å². The summed E-state index contributed by atoms with van der Waals surface area (Å²) in [5.41, 5.74) is 1.14. The molecule has 31 heavy (non-hydrogen) atoms. The highest BCUT2D eigenvalue weighted by Gasteiger charge is 2.35. The van der Waals surface area contributed by atoms with Gasteiger partial charge in [0.1, 0.15) is 5.75 Å². The molecular formula is C22H21NO6S2. The molecule has 9 heteroatoms. The second kappa shape index (κ2) is 10.3. The number of ether oxygens (including phenoxy) is 4. The maximum absolute atomic E-state index is 13.2. The predicted molar refractivity (Wildman–Crippen MR) is 124 cm³/mol. The first kappa shape index (κ1) is 22.6. The molecular weight excluding hydrogens is 438 g/mol. The van der Waals surface area contributed by atoms with Gasteiger partial charge in [0.25, 0.3) is 5.91 Å². The monoisotopic (exact) mass is 459 g/mol. The molecule has 1 saturated heterocycles. The van der Waals surface area contributed by atoms with Crippen LogP contribution in [0.15, 0.2) is 47.4 Å². The van der Waals surface area contributed by atoms with E-state index in [0.29, 0.717) is 37.7 Å². The second-order valence-electron chi connectivity index (χ2n) is 6.16. The van der Waals surface area contributed by atoms with Gasteiger partial charge in [-0.25, -0.2) is 4.79 Å². The van der Waals surface area contributed by atoms with E-state index >= 15 is 0 Å². The molecule has 0 spiro atoms. The van der Waals surface area contributed by atoms with Crippen molar-refractivity contribution in [2.45, 2.75) is 6.92 Å². The van der Waals surface area contributed by atoms with Crippen LogP contribution < -0.4 is 19.1 Å². The quantitative estimate of drug-likeness (QED) is 0.333. The number of carbonyl (C=O) groups is 2. The molecule has 1 aliphatic heterocycles. The highest BCUT2D eigenvalue weighted by atomic mass is 32.2. The van der Waals surface area contributed by atoms with Crippen molar-refractivity contribution in [3.63, 3.8) is 0 Å². The van der Waals surface area contributed by atoms with Gasteiger partial charge in [-0.1, -0.05) is 48.2 Å². The first-order valence-corrected chi connectivity index (χ1v) is 10.6. The maximum Gasteiger partial charge on any atom is 0.344 e. The predicted octanol–water partition coefficient (Wildman–Crippen LogP) is 4.05. The number of nitrogens with zero attached hydrogens (tertiary/aromatic N) is 1. The minimum Gasteiger partial charge on any atom is -0.495 e. The third-order valence-corrected chi connectivity index (χ3v) is 5.58. The molecule has 1 amide bonds. The van der Waals surface area contributed by atoms with Gasteiger partial charge in [-0.05, 0) is 31.2 Å². The Balaban J connectivity index is 1.94. The number of thioether (sulfide) groups is 1. The Morgan fingerprint density at radius 1 is 1.10 bits per heavy atom. The molecule has 0 radical (unpaired) electrons. The molecule has 0 atom stereocenters. The summed E-state index contributed by atoms with van der Waals surface area (Å²) in [5.74, 6) is 0.527. The molecule has 0 bridgehead atoms. The lowest BCUT2D eigenvalue weighted by molar-refractivity contribution is -0.145. The summed E-state index contributed by atoms with van der Waals surface area (Å²) < 4.78 is 21.7. The van der Waals surface area contributed by atoms with Crippen LogP contribution in [-0.2, 0) is 14.3 Å². The Labute approximate surface area is 189 Å². The first-order valence-electron chi connectivity index (χ1n) is 9.36. The fourth-order valence-corrected chi connectivity index (χ4v) is 4.20. The SMILES string of the molecule is CCOC(=O)COc1c(/C=C2\SC(=S)N(c3ccccc3OC)C2=O)cccc1OC. The van der Waals surface area contributed by atoms with Crippen molar-refractivity contribution in [1.82, 2.24) is 0 Å². The lowest BCUT2D eigenvalue weighted by Gasteiger charge is -2.17. The van der Waals surface area contributed by atoms with E-state index in [-0.39, 0.29) is 19.1 Å². The van der Waals surface area contributed by atoms with E-state index < -0.39 is 5.97 Å². The lowest BCUT2D eigenvalue weighted by Crippen LogP contribution is -2.27. The minimum absolute atomic E-state index is 0.256. The van der Waals surface area contributed by atoms with E-state index in [1.165, 1.54) is 30.9 Å². The molecule has 1 fully saturated rings. The first-order chi connectivity index (χ1) is 15.0. The van der Waals surface area contributed by atoms with Crippen LogP contribution >= 0.6 is 24.0 Å². The summed E-state index contributed by atoms with van der Waals surface area (Å²) >= 11 is 6.62. The topological polar surface area (TPSA) is 74.3 Å². The third kappa shape index (κ3) is 5.00. The molecule has 7 nitrogen and oxygen atoms in total. The highest BCUT2D eigenvalue weighted by Crippen LogP contribution is 2.41. The largest absolute Gasteiger partial charge is 0.495 e. The zero-order valence-corrected chi connectivity index (χ0v) is 18.9. The van der Waals surface area contributed by atoms with Crippen LogP contribution in [0.2, 0.25) is 0 Å². The number of methoxy groups -OCH3 is 2. The van der Waals surface area contributed by atoms with Crippen LogP contribution in [0.25, 0.3) is 6.08 Å². The zero-order valence-electron chi connectivity index (χ0n) is 17.2. The minimum atomic E-state index is -0.498. The summed E-state index contributed by atoms with van der Waals surface area (Å²) in [7, 11) is 3.03. The lowest BCUT2D eigenvalue weighted by atomic mass is 10.1. The van der Waals surface area contributed by atoms with Gasteiger partial charge < -0.3 is 18.9 Å². The van der Waals surface area contributed by atoms with E-state index in [4.69, 9.17) is 31.2 Å². The van der Waals surface area contributed by atoms with Crippen molar-refractivity contribution in [1.29, 1.82) is 0 Å². The summed E-state index contributed by atoms with van der Waals surface area (Å²) in [6.07, 6.45) is 1.66. The van der Waals surface area contributed by atoms with Gasteiger partial charge in [-0.3, -0.25) is 9.69 Å². The fraction of sp³-hybridized carbons (Fsp3) is 0.227. The molecule has 1 heterocycles. The summed E-state index contributed by atoms with van der Waals surface area (Å²) in [5, 5.41) is 0. The number of rotatable bonds is 8. The molecule has 162 valence electrons. The van der Waals surface area contributed by atoms with Crippen molar-refractivity contribution < 1.29 is 28.5 Å². The van der Waals surface area contributed by atoms with Gasteiger partial charge in [0.15, 0.2) is 22.4 Å². The van der Waals surface area contributed by atoms with Crippen LogP contribution in [-0.4, -0.2) is 43.6 Å². The Kier molecular flexibility index (Phi) is 7.54. The Morgan fingerprint density at radius 3 is 2.52 bits per heavy atom. The summed E-state index contributed by atoms with van der Waals surface area (Å²) in [6.45, 7) is 1.69. The van der Waals surface area contributed by atoms with Crippen molar-refractivity contribution in [2.24, 2.45) is 0 Å². The summed E-state index contributed by atoms with van der Waals surface area (Å²) in [4.78, 5) is 26.7. The molecule has 2 aromatic carbocycles. The van der Waals surface area contributed by atoms with Gasteiger partial charge in [0.2, 0.25) is 0 Å². The highest BCUT2D eigenvalue weighted by molar-refractivity contribution is 8.27. The number of hydrogen-bond acceptors (Lipinski definition) is 8.